The lowest BCUT2D eigenvalue weighted by molar-refractivity contribution is 0.150. The van der Waals surface area contributed by atoms with Crippen LogP contribution in [0.15, 0.2) is 42.1 Å². The molecule has 1 N–H and O–H groups in total. The van der Waals surface area contributed by atoms with Gasteiger partial charge in [0.2, 0.25) is 0 Å². The van der Waals surface area contributed by atoms with Crippen LogP contribution in [0, 0.1) is 0 Å². The molecule has 1 aliphatic heterocycles. The third kappa shape index (κ3) is 2.07. The Labute approximate surface area is 110 Å². The monoisotopic (exact) mass is 258 g/mol. The topological polar surface area (TPSA) is 59.9 Å². The van der Waals surface area contributed by atoms with Crippen molar-refractivity contribution in [3.8, 4) is 5.75 Å². The van der Waals surface area contributed by atoms with Gasteiger partial charge in [-0.05, 0) is 25.0 Å². The molecule has 1 saturated carbocycles. The third-order valence-corrected chi connectivity index (χ3v) is 3.19. The number of oxime groups is 1. The number of fused-ring (bicyclic) bond motifs is 1. The van der Waals surface area contributed by atoms with Gasteiger partial charge >= 0.3 is 6.09 Å². The number of hydrogen-bond acceptors (Lipinski definition) is 4. The fourth-order valence-electron chi connectivity index (χ4n) is 2.12. The zero-order valence-electron chi connectivity index (χ0n) is 10.4. The van der Waals surface area contributed by atoms with Gasteiger partial charge in [0.05, 0.1) is 0 Å². The first kappa shape index (κ1) is 11.8. The summed E-state index contributed by atoms with van der Waals surface area (Å²) in [6.07, 6.45) is 2.79. The molecule has 1 amide bonds. The molecule has 1 aliphatic carbocycles. The van der Waals surface area contributed by atoms with Crippen LogP contribution < -0.4 is 10.1 Å². The number of ether oxygens (including phenoxy) is 1. The predicted molar refractivity (Wildman–Crippen MR) is 70.3 cm³/mol. The Hall–Kier alpha value is -2.30. The predicted octanol–water partition coefficient (Wildman–Crippen LogP) is 2.23. The smallest absolute Gasteiger partial charge is 0.433 e. The van der Waals surface area contributed by atoms with Crippen molar-refractivity contribution >= 4 is 11.8 Å². The molecule has 0 atom stereocenters. The molecule has 1 spiro atoms. The largest absolute Gasteiger partial charge is 0.480 e. The van der Waals surface area contributed by atoms with Gasteiger partial charge in [-0.15, -0.1) is 6.58 Å². The van der Waals surface area contributed by atoms with Gasteiger partial charge in [0.1, 0.15) is 11.5 Å². The first-order valence-corrected chi connectivity index (χ1v) is 6.18. The Morgan fingerprint density at radius 2 is 2.32 bits per heavy atom. The van der Waals surface area contributed by atoms with Crippen LogP contribution in [-0.4, -0.2) is 24.0 Å². The molecule has 2 aliphatic rings. The zero-order chi connectivity index (χ0) is 13.3. The molecule has 0 bridgehead atoms. The Bertz CT molecular complexity index is 562. The van der Waals surface area contributed by atoms with E-state index in [0.29, 0.717) is 12.3 Å². The second kappa shape index (κ2) is 4.42. The number of nitrogens with zero attached hydrogens (tertiary/aromatic N) is 1. The highest BCUT2D eigenvalue weighted by atomic mass is 16.7. The van der Waals surface area contributed by atoms with E-state index in [9.17, 15) is 4.79 Å². The lowest BCUT2D eigenvalue weighted by Gasteiger charge is -2.07. The number of hydrogen-bond donors (Lipinski definition) is 1. The minimum Gasteiger partial charge on any atom is -0.480 e. The quantitative estimate of drug-likeness (QED) is 0.514. The summed E-state index contributed by atoms with van der Waals surface area (Å²) in [5.41, 5.74) is 1.23. The van der Waals surface area contributed by atoms with Gasteiger partial charge in [0.25, 0.3) is 0 Å². The summed E-state index contributed by atoms with van der Waals surface area (Å²) in [6, 6.07) is 7.65. The Morgan fingerprint density at radius 3 is 3.05 bits per heavy atom. The molecule has 5 nitrogen and oxygen atoms in total. The van der Waals surface area contributed by atoms with Crippen molar-refractivity contribution in [3.05, 3.63) is 42.5 Å². The molecule has 98 valence electrons. The number of carbonyl (C=O) groups excluding carboxylic acids is 1. The summed E-state index contributed by atoms with van der Waals surface area (Å²) in [6.45, 7) is 3.86. The summed E-state index contributed by atoms with van der Waals surface area (Å²) in [4.78, 5) is 16.2. The van der Waals surface area contributed by atoms with E-state index in [1.165, 1.54) is 0 Å². The van der Waals surface area contributed by atoms with Gasteiger partial charge in [0, 0.05) is 12.1 Å². The van der Waals surface area contributed by atoms with E-state index in [4.69, 9.17) is 9.57 Å². The number of benzene rings is 1. The van der Waals surface area contributed by atoms with E-state index in [-0.39, 0.29) is 5.60 Å². The summed E-state index contributed by atoms with van der Waals surface area (Å²) < 4.78 is 5.87. The molecule has 0 radical (unpaired) electrons. The molecule has 0 aromatic heterocycles. The highest BCUT2D eigenvalue weighted by Gasteiger charge is 2.56. The zero-order valence-corrected chi connectivity index (χ0v) is 10.4. The van der Waals surface area contributed by atoms with Crippen molar-refractivity contribution in [1.82, 2.24) is 5.32 Å². The van der Waals surface area contributed by atoms with E-state index in [1.54, 1.807) is 6.08 Å². The van der Waals surface area contributed by atoms with Gasteiger partial charge in [-0.25, -0.2) is 4.79 Å². The maximum absolute atomic E-state index is 11.4. The number of para-hydroxylation sites is 1. The molecule has 19 heavy (non-hydrogen) atoms. The summed E-state index contributed by atoms with van der Waals surface area (Å²) in [5, 5.41) is 6.48. The van der Waals surface area contributed by atoms with Crippen molar-refractivity contribution in [2.24, 2.45) is 5.16 Å². The number of rotatable bonds is 3. The normalized spacial score (nSPS) is 19.7. The Morgan fingerprint density at radius 1 is 1.53 bits per heavy atom. The molecule has 0 saturated heterocycles. The van der Waals surface area contributed by atoms with Gasteiger partial charge < -0.3 is 10.1 Å². The molecular weight excluding hydrogens is 244 g/mol. The van der Waals surface area contributed by atoms with Crippen LogP contribution in [0.5, 0.6) is 5.75 Å². The van der Waals surface area contributed by atoms with Crippen molar-refractivity contribution in [2.45, 2.75) is 18.4 Å². The highest BCUT2D eigenvalue weighted by Crippen LogP contribution is 2.50. The molecule has 5 heteroatoms. The first-order valence-electron chi connectivity index (χ1n) is 6.18. The van der Waals surface area contributed by atoms with Crippen LogP contribution in [0.4, 0.5) is 4.79 Å². The average Bonchev–Trinajstić information content (AvgIpc) is 3.10. The fraction of sp³-hybridized carbons (Fsp3) is 0.286. The van der Waals surface area contributed by atoms with Crippen LogP contribution in [0.1, 0.15) is 18.4 Å². The van der Waals surface area contributed by atoms with E-state index in [1.807, 2.05) is 24.3 Å². The second-order valence-electron chi connectivity index (χ2n) is 4.58. The van der Waals surface area contributed by atoms with Gasteiger partial charge in [-0.1, -0.05) is 23.4 Å². The lowest BCUT2D eigenvalue weighted by atomic mass is 10.1. The maximum Gasteiger partial charge on any atom is 0.433 e. The van der Waals surface area contributed by atoms with E-state index >= 15 is 0 Å². The summed E-state index contributed by atoms with van der Waals surface area (Å²) >= 11 is 0. The Balaban J connectivity index is 1.79. The molecule has 0 unspecified atom stereocenters. The summed E-state index contributed by atoms with van der Waals surface area (Å²) in [7, 11) is 0. The van der Waals surface area contributed by atoms with E-state index in [2.05, 4.69) is 17.1 Å². The van der Waals surface area contributed by atoms with Crippen molar-refractivity contribution in [3.63, 3.8) is 0 Å². The summed E-state index contributed by atoms with van der Waals surface area (Å²) in [5.74, 6) is 0.800. The minimum absolute atomic E-state index is 0.349. The lowest BCUT2D eigenvalue weighted by Crippen LogP contribution is -2.26. The maximum atomic E-state index is 11.4. The molecule has 3 rings (SSSR count). The number of carbonyl (C=O) groups is 1. The molecule has 1 aromatic rings. The highest BCUT2D eigenvalue weighted by molar-refractivity contribution is 6.12. The van der Waals surface area contributed by atoms with Gasteiger partial charge in [0.15, 0.2) is 5.60 Å². The second-order valence-corrected chi connectivity index (χ2v) is 4.58. The molecule has 1 aromatic carbocycles. The van der Waals surface area contributed by atoms with Gasteiger partial charge in [-0.3, -0.25) is 4.84 Å². The number of nitrogens with one attached hydrogen (secondary N) is 1. The van der Waals surface area contributed by atoms with Crippen molar-refractivity contribution in [2.75, 3.05) is 6.54 Å². The van der Waals surface area contributed by atoms with Crippen molar-refractivity contribution in [1.29, 1.82) is 0 Å². The number of amides is 1. The van der Waals surface area contributed by atoms with Crippen LogP contribution >= 0.6 is 0 Å². The Kier molecular flexibility index (Phi) is 2.74. The fourth-order valence-corrected chi connectivity index (χ4v) is 2.12. The van der Waals surface area contributed by atoms with Gasteiger partial charge in [-0.2, -0.15) is 0 Å². The minimum atomic E-state index is -0.590. The van der Waals surface area contributed by atoms with Crippen LogP contribution in [0.2, 0.25) is 0 Å². The van der Waals surface area contributed by atoms with E-state index in [0.717, 1.165) is 24.2 Å². The molecular formula is C14H14N2O3. The molecule has 1 heterocycles. The van der Waals surface area contributed by atoms with Crippen LogP contribution in [-0.2, 0) is 4.84 Å². The van der Waals surface area contributed by atoms with Crippen molar-refractivity contribution < 1.29 is 14.4 Å². The van der Waals surface area contributed by atoms with E-state index < -0.39 is 6.09 Å². The van der Waals surface area contributed by atoms with Crippen LogP contribution in [0.25, 0.3) is 0 Å². The average molecular weight is 258 g/mol. The third-order valence-electron chi connectivity index (χ3n) is 3.19. The van der Waals surface area contributed by atoms with Crippen LogP contribution in [0.3, 0.4) is 0 Å². The SMILES string of the molecule is C=CCNC(=O)O/N=C1/c2ccccc2OC12CC2. The standard InChI is InChI=1S/C14H14N2O3/c1-2-9-15-13(17)19-16-12-10-5-3-4-6-11(10)18-14(12)7-8-14/h2-6H,1,7-9H2,(H,15,17)/b16-12-. The first-order chi connectivity index (χ1) is 9.25. The molecule has 1 fully saturated rings.